The molecule has 1 fully saturated rings. The van der Waals surface area contributed by atoms with Crippen LogP contribution in [0.2, 0.25) is 0 Å². The molecule has 0 spiro atoms. The minimum Gasteiger partial charge on any atom is -0.508 e. The van der Waals surface area contributed by atoms with E-state index >= 15 is 0 Å². The second kappa shape index (κ2) is 6.00. The molecule has 1 N–H and O–H groups in total. The fraction of sp³-hybridized carbons (Fsp3) is 0.278. The molecule has 3 rings (SSSR count). The van der Waals surface area contributed by atoms with Crippen LogP contribution in [0.3, 0.4) is 0 Å². The van der Waals surface area contributed by atoms with Crippen molar-refractivity contribution in [1.29, 1.82) is 0 Å². The highest BCUT2D eigenvalue weighted by molar-refractivity contribution is 5.79. The van der Waals surface area contributed by atoms with Gasteiger partial charge in [-0.25, -0.2) is 0 Å². The molecular formula is C18H19NO2. The van der Waals surface area contributed by atoms with Crippen LogP contribution in [-0.4, -0.2) is 22.0 Å². The molecule has 1 saturated carbocycles. The van der Waals surface area contributed by atoms with E-state index in [0.29, 0.717) is 19.0 Å². The van der Waals surface area contributed by atoms with Crippen LogP contribution < -0.4 is 0 Å². The molecule has 3 nitrogen and oxygen atoms in total. The van der Waals surface area contributed by atoms with E-state index in [1.807, 2.05) is 29.2 Å². The van der Waals surface area contributed by atoms with Gasteiger partial charge >= 0.3 is 0 Å². The molecule has 0 atom stereocenters. The fourth-order valence-electron chi connectivity index (χ4n) is 2.53. The van der Waals surface area contributed by atoms with E-state index in [9.17, 15) is 9.90 Å². The van der Waals surface area contributed by atoms with E-state index < -0.39 is 0 Å². The van der Waals surface area contributed by atoms with Gasteiger partial charge in [0.15, 0.2) is 0 Å². The molecule has 0 unspecified atom stereocenters. The summed E-state index contributed by atoms with van der Waals surface area (Å²) in [4.78, 5) is 14.5. The van der Waals surface area contributed by atoms with Gasteiger partial charge in [-0.3, -0.25) is 4.79 Å². The van der Waals surface area contributed by atoms with Gasteiger partial charge in [-0.15, -0.1) is 0 Å². The summed E-state index contributed by atoms with van der Waals surface area (Å²) in [6.45, 7) is 0.670. The Morgan fingerprint density at radius 3 is 2.43 bits per heavy atom. The Labute approximate surface area is 124 Å². The normalized spacial score (nSPS) is 13.9. The summed E-state index contributed by atoms with van der Waals surface area (Å²) < 4.78 is 0. The first-order valence-corrected chi connectivity index (χ1v) is 7.33. The number of phenolic OH excluding ortho intramolecular Hbond substituents is 1. The Bertz CT molecular complexity index is 620. The minimum atomic E-state index is 0.131. The summed E-state index contributed by atoms with van der Waals surface area (Å²) >= 11 is 0. The van der Waals surface area contributed by atoms with E-state index in [1.165, 1.54) is 0 Å². The van der Waals surface area contributed by atoms with Gasteiger partial charge in [-0.05, 0) is 36.1 Å². The first-order valence-electron chi connectivity index (χ1n) is 7.33. The Balaban J connectivity index is 1.70. The first kappa shape index (κ1) is 13.7. The number of hydrogen-bond acceptors (Lipinski definition) is 2. The number of benzene rings is 2. The Kier molecular flexibility index (Phi) is 3.91. The van der Waals surface area contributed by atoms with E-state index in [0.717, 1.165) is 24.0 Å². The number of carbonyl (C=O) groups excluding carboxylic acids is 1. The first-order chi connectivity index (χ1) is 10.2. The highest BCUT2D eigenvalue weighted by Gasteiger charge is 2.32. The average molecular weight is 281 g/mol. The number of hydrogen-bond donors (Lipinski definition) is 1. The monoisotopic (exact) mass is 281 g/mol. The molecule has 0 aliphatic heterocycles. The van der Waals surface area contributed by atoms with Gasteiger partial charge in [0.1, 0.15) is 5.75 Å². The third-order valence-electron chi connectivity index (χ3n) is 3.77. The van der Waals surface area contributed by atoms with Gasteiger partial charge in [0, 0.05) is 12.6 Å². The summed E-state index contributed by atoms with van der Waals surface area (Å²) in [7, 11) is 0. The average Bonchev–Trinajstić information content (AvgIpc) is 3.30. The predicted octanol–water partition coefficient (Wildman–Crippen LogP) is 3.13. The molecule has 0 bridgehead atoms. The standard InChI is InChI=1S/C18H19NO2/c20-17-8-4-7-15(11-17)12-18(21)19(16-9-10-16)13-14-5-2-1-3-6-14/h1-8,11,16,20H,9-10,12-13H2. The molecule has 0 radical (unpaired) electrons. The smallest absolute Gasteiger partial charge is 0.227 e. The molecule has 0 saturated heterocycles. The van der Waals surface area contributed by atoms with Gasteiger partial charge in [0.25, 0.3) is 0 Å². The lowest BCUT2D eigenvalue weighted by Gasteiger charge is -2.22. The summed E-state index contributed by atoms with van der Waals surface area (Å²) in [6.07, 6.45) is 2.54. The largest absolute Gasteiger partial charge is 0.508 e. The molecule has 0 heterocycles. The van der Waals surface area contributed by atoms with Gasteiger partial charge in [-0.2, -0.15) is 0 Å². The summed E-state index contributed by atoms with van der Waals surface area (Å²) in [5, 5.41) is 9.50. The molecule has 0 aromatic heterocycles. The van der Waals surface area contributed by atoms with Gasteiger partial charge in [0.2, 0.25) is 5.91 Å². The van der Waals surface area contributed by atoms with E-state index in [1.54, 1.807) is 18.2 Å². The lowest BCUT2D eigenvalue weighted by atomic mass is 10.1. The quantitative estimate of drug-likeness (QED) is 0.914. The molecule has 108 valence electrons. The van der Waals surface area contributed by atoms with Crippen LogP contribution in [0.25, 0.3) is 0 Å². The zero-order valence-electron chi connectivity index (χ0n) is 11.9. The van der Waals surface area contributed by atoms with Crippen molar-refractivity contribution in [2.75, 3.05) is 0 Å². The molecule has 2 aromatic rings. The molecule has 1 amide bonds. The number of rotatable bonds is 5. The highest BCUT2D eigenvalue weighted by atomic mass is 16.3. The topological polar surface area (TPSA) is 40.5 Å². The predicted molar refractivity (Wildman–Crippen MR) is 81.8 cm³/mol. The third-order valence-corrected chi connectivity index (χ3v) is 3.77. The molecule has 3 heteroatoms. The lowest BCUT2D eigenvalue weighted by molar-refractivity contribution is -0.131. The summed E-state index contributed by atoms with van der Waals surface area (Å²) in [6, 6.07) is 17.4. The maximum absolute atomic E-state index is 12.6. The molecular weight excluding hydrogens is 262 g/mol. The summed E-state index contributed by atoms with van der Waals surface area (Å²) in [5.74, 6) is 0.341. The lowest BCUT2D eigenvalue weighted by Crippen LogP contribution is -2.33. The maximum Gasteiger partial charge on any atom is 0.227 e. The Morgan fingerprint density at radius 2 is 1.76 bits per heavy atom. The molecule has 2 aromatic carbocycles. The van der Waals surface area contributed by atoms with E-state index in [4.69, 9.17) is 0 Å². The van der Waals surface area contributed by atoms with Crippen LogP contribution in [0.15, 0.2) is 54.6 Å². The van der Waals surface area contributed by atoms with Crippen molar-refractivity contribution in [3.8, 4) is 5.75 Å². The Hall–Kier alpha value is -2.29. The Morgan fingerprint density at radius 1 is 1.05 bits per heavy atom. The van der Waals surface area contributed by atoms with Crippen molar-refractivity contribution in [2.24, 2.45) is 0 Å². The maximum atomic E-state index is 12.6. The number of nitrogens with zero attached hydrogens (tertiary/aromatic N) is 1. The van der Waals surface area contributed by atoms with Crippen molar-refractivity contribution in [3.05, 3.63) is 65.7 Å². The second-order valence-corrected chi connectivity index (χ2v) is 5.59. The van der Waals surface area contributed by atoms with Crippen LogP contribution in [0.5, 0.6) is 5.75 Å². The number of amides is 1. The molecule has 1 aliphatic rings. The number of aromatic hydroxyl groups is 1. The highest BCUT2D eigenvalue weighted by Crippen LogP contribution is 2.29. The van der Waals surface area contributed by atoms with Crippen LogP contribution in [0.4, 0.5) is 0 Å². The van der Waals surface area contributed by atoms with Crippen molar-refractivity contribution >= 4 is 5.91 Å². The molecule has 1 aliphatic carbocycles. The SMILES string of the molecule is O=C(Cc1cccc(O)c1)N(Cc1ccccc1)C1CC1. The summed E-state index contributed by atoms with van der Waals surface area (Å²) in [5.41, 5.74) is 2.02. The van der Waals surface area contributed by atoms with E-state index in [-0.39, 0.29) is 11.7 Å². The fourth-order valence-corrected chi connectivity index (χ4v) is 2.53. The van der Waals surface area contributed by atoms with Crippen LogP contribution in [0, 0.1) is 0 Å². The minimum absolute atomic E-state index is 0.131. The zero-order valence-corrected chi connectivity index (χ0v) is 11.9. The zero-order chi connectivity index (χ0) is 14.7. The van der Waals surface area contributed by atoms with Crippen molar-refractivity contribution in [1.82, 2.24) is 4.90 Å². The van der Waals surface area contributed by atoms with Gasteiger partial charge in [0.05, 0.1) is 6.42 Å². The number of phenols is 1. The molecule has 21 heavy (non-hydrogen) atoms. The van der Waals surface area contributed by atoms with Crippen LogP contribution >= 0.6 is 0 Å². The van der Waals surface area contributed by atoms with Crippen molar-refractivity contribution < 1.29 is 9.90 Å². The number of carbonyl (C=O) groups is 1. The van der Waals surface area contributed by atoms with Crippen molar-refractivity contribution in [3.63, 3.8) is 0 Å². The second-order valence-electron chi connectivity index (χ2n) is 5.59. The van der Waals surface area contributed by atoms with Gasteiger partial charge in [-0.1, -0.05) is 42.5 Å². The van der Waals surface area contributed by atoms with Crippen LogP contribution in [0.1, 0.15) is 24.0 Å². The van der Waals surface area contributed by atoms with Crippen LogP contribution in [-0.2, 0) is 17.8 Å². The van der Waals surface area contributed by atoms with E-state index in [2.05, 4.69) is 12.1 Å². The third kappa shape index (κ3) is 3.63. The van der Waals surface area contributed by atoms with Gasteiger partial charge < -0.3 is 10.0 Å². The van der Waals surface area contributed by atoms with Crippen molar-refractivity contribution in [2.45, 2.75) is 31.8 Å².